The lowest BCUT2D eigenvalue weighted by molar-refractivity contribution is 0.101. The van der Waals surface area contributed by atoms with Crippen LogP contribution >= 0.6 is 11.3 Å². The highest BCUT2D eigenvalue weighted by atomic mass is 32.2. The third-order valence-corrected chi connectivity index (χ3v) is 6.12. The minimum atomic E-state index is -3.52. The molecule has 1 aliphatic rings. The molecule has 0 atom stereocenters. The van der Waals surface area contributed by atoms with Gasteiger partial charge in [-0.25, -0.2) is 13.4 Å². The van der Waals surface area contributed by atoms with Crippen LogP contribution in [0.2, 0.25) is 0 Å². The van der Waals surface area contributed by atoms with Crippen molar-refractivity contribution in [3.8, 4) is 0 Å². The van der Waals surface area contributed by atoms with Crippen LogP contribution in [0.25, 0.3) is 0 Å². The number of hydrogen-bond donors (Lipinski definition) is 1. The van der Waals surface area contributed by atoms with Crippen LogP contribution in [0.1, 0.15) is 23.3 Å². The standard InChI is InChI=1S/C13H16N4O3S2/c1-16-9-10(22(19,20)17-5-2-3-6-17)8-11(16)12(18)15-13-14-4-7-21-13/h4,7-9H,2-3,5-6H2,1H3,(H,14,15,18). The van der Waals surface area contributed by atoms with Crippen LogP contribution in [0.5, 0.6) is 0 Å². The number of rotatable bonds is 4. The van der Waals surface area contributed by atoms with Crippen LogP contribution in [0.3, 0.4) is 0 Å². The number of thiazole rings is 1. The Morgan fingerprint density at radius 1 is 1.36 bits per heavy atom. The molecule has 1 amide bonds. The highest BCUT2D eigenvalue weighted by Crippen LogP contribution is 2.23. The third kappa shape index (κ3) is 2.79. The van der Waals surface area contributed by atoms with Crippen molar-refractivity contribution in [1.82, 2.24) is 13.9 Å². The molecule has 1 aliphatic heterocycles. The van der Waals surface area contributed by atoms with E-state index in [0.29, 0.717) is 18.2 Å². The maximum atomic E-state index is 12.5. The molecule has 7 nitrogen and oxygen atoms in total. The number of sulfonamides is 1. The number of hydrogen-bond acceptors (Lipinski definition) is 5. The number of nitrogens with zero attached hydrogens (tertiary/aromatic N) is 3. The van der Waals surface area contributed by atoms with Crippen LogP contribution in [-0.2, 0) is 17.1 Å². The highest BCUT2D eigenvalue weighted by molar-refractivity contribution is 7.89. The van der Waals surface area contributed by atoms with E-state index in [2.05, 4.69) is 10.3 Å². The molecule has 22 heavy (non-hydrogen) atoms. The fourth-order valence-electron chi connectivity index (χ4n) is 2.42. The van der Waals surface area contributed by atoms with Gasteiger partial charge in [-0.05, 0) is 18.9 Å². The van der Waals surface area contributed by atoms with E-state index >= 15 is 0 Å². The molecular formula is C13H16N4O3S2. The van der Waals surface area contributed by atoms with Crippen LogP contribution in [0.15, 0.2) is 28.7 Å². The van der Waals surface area contributed by atoms with Crippen molar-refractivity contribution in [3.05, 3.63) is 29.5 Å². The van der Waals surface area contributed by atoms with E-state index in [0.717, 1.165) is 12.8 Å². The second-order valence-electron chi connectivity index (χ2n) is 5.07. The fraction of sp³-hybridized carbons (Fsp3) is 0.385. The van der Waals surface area contributed by atoms with Crippen molar-refractivity contribution in [1.29, 1.82) is 0 Å². The Hall–Kier alpha value is -1.71. The average Bonchev–Trinajstić information content (AvgIpc) is 3.19. The summed E-state index contributed by atoms with van der Waals surface area (Å²) in [6.45, 7) is 1.08. The Balaban J connectivity index is 1.85. The molecule has 0 saturated carbocycles. The molecule has 0 bridgehead atoms. The molecule has 3 heterocycles. The lowest BCUT2D eigenvalue weighted by Crippen LogP contribution is -2.27. The van der Waals surface area contributed by atoms with Crippen molar-refractivity contribution in [2.75, 3.05) is 18.4 Å². The number of amides is 1. The van der Waals surface area contributed by atoms with E-state index in [-0.39, 0.29) is 16.5 Å². The van der Waals surface area contributed by atoms with E-state index in [1.54, 1.807) is 18.6 Å². The van der Waals surface area contributed by atoms with Gasteiger partial charge in [0.15, 0.2) is 5.13 Å². The minimum Gasteiger partial charge on any atom is -0.345 e. The first-order valence-electron chi connectivity index (χ1n) is 6.86. The second kappa shape index (κ2) is 5.82. The summed E-state index contributed by atoms with van der Waals surface area (Å²) in [5.74, 6) is -0.375. The van der Waals surface area contributed by atoms with Gasteiger partial charge < -0.3 is 4.57 Å². The fourth-order valence-corrected chi connectivity index (χ4v) is 4.54. The van der Waals surface area contributed by atoms with E-state index in [4.69, 9.17) is 0 Å². The lowest BCUT2D eigenvalue weighted by Gasteiger charge is -2.13. The van der Waals surface area contributed by atoms with Gasteiger partial charge >= 0.3 is 0 Å². The number of anilines is 1. The SMILES string of the molecule is Cn1cc(S(=O)(=O)N2CCCC2)cc1C(=O)Nc1nccs1. The van der Waals surface area contributed by atoms with Crippen molar-refractivity contribution < 1.29 is 13.2 Å². The molecule has 0 radical (unpaired) electrons. The lowest BCUT2D eigenvalue weighted by atomic mass is 10.4. The van der Waals surface area contributed by atoms with E-state index < -0.39 is 10.0 Å². The smallest absolute Gasteiger partial charge is 0.274 e. The molecule has 1 saturated heterocycles. The van der Waals surface area contributed by atoms with Gasteiger partial charge in [0, 0.05) is 37.9 Å². The summed E-state index contributed by atoms with van der Waals surface area (Å²) in [5.41, 5.74) is 0.285. The number of aryl methyl sites for hydroxylation is 1. The van der Waals surface area contributed by atoms with Gasteiger partial charge in [0.2, 0.25) is 10.0 Å². The molecule has 118 valence electrons. The predicted octanol–water partition coefficient (Wildman–Crippen LogP) is 1.52. The Kier molecular flexibility index (Phi) is 4.02. The summed E-state index contributed by atoms with van der Waals surface area (Å²) in [6.07, 6.45) is 4.83. The maximum Gasteiger partial charge on any atom is 0.274 e. The van der Waals surface area contributed by atoms with Crippen LogP contribution in [0.4, 0.5) is 5.13 Å². The molecule has 0 unspecified atom stereocenters. The van der Waals surface area contributed by atoms with Gasteiger partial charge in [-0.3, -0.25) is 10.1 Å². The summed E-state index contributed by atoms with van der Waals surface area (Å²) >= 11 is 1.31. The highest BCUT2D eigenvalue weighted by Gasteiger charge is 2.29. The molecule has 3 rings (SSSR count). The van der Waals surface area contributed by atoms with Gasteiger partial charge in [0.1, 0.15) is 10.6 Å². The Labute approximate surface area is 132 Å². The average molecular weight is 340 g/mol. The summed E-state index contributed by atoms with van der Waals surface area (Å²) in [6, 6.07) is 1.41. The molecule has 0 aliphatic carbocycles. The van der Waals surface area contributed by atoms with Crippen molar-refractivity contribution in [2.24, 2.45) is 7.05 Å². The van der Waals surface area contributed by atoms with Crippen molar-refractivity contribution >= 4 is 32.4 Å². The first kappa shape index (κ1) is 15.2. The van der Waals surface area contributed by atoms with E-state index in [1.165, 1.54) is 32.5 Å². The number of carbonyl (C=O) groups is 1. The zero-order valence-corrected chi connectivity index (χ0v) is 13.7. The van der Waals surface area contributed by atoms with Crippen molar-refractivity contribution in [3.63, 3.8) is 0 Å². The van der Waals surface area contributed by atoms with Crippen LogP contribution in [0, 0.1) is 0 Å². The number of aromatic nitrogens is 2. The van der Waals surface area contributed by atoms with Gasteiger partial charge in [0.25, 0.3) is 5.91 Å². The summed E-state index contributed by atoms with van der Waals surface area (Å²) in [7, 11) is -1.86. The Bertz CT molecular complexity index is 774. The molecule has 0 aromatic carbocycles. The van der Waals surface area contributed by atoms with Crippen LogP contribution in [-0.4, -0.2) is 41.3 Å². The quantitative estimate of drug-likeness (QED) is 0.914. The monoisotopic (exact) mass is 340 g/mol. The van der Waals surface area contributed by atoms with Crippen LogP contribution < -0.4 is 5.32 Å². The first-order chi connectivity index (χ1) is 10.5. The van der Waals surface area contributed by atoms with Gasteiger partial charge in [-0.15, -0.1) is 11.3 Å². The van der Waals surface area contributed by atoms with Crippen molar-refractivity contribution in [2.45, 2.75) is 17.7 Å². The molecule has 1 N–H and O–H groups in total. The van der Waals surface area contributed by atoms with E-state index in [1.807, 2.05) is 0 Å². The molecule has 0 spiro atoms. The molecule has 2 aromatic heterocycles. The largest absolute Gasteiger partial charge is 0.345 e. The Morgan fingerprint density at radius 2 is 2.09 bits per heavy atom. The first-order valence-corrected chi connectivity index (χ1v) is 9.18. The second-order valence-corrected chi connectivity index (χ2v) is 7.91. The molecular weight excluding hydrogens is 324 g/mol. The molecule has 2 aromatic rings. The van der Waals surface area contributed by atoms with Gasteiger partial charge in [-0.2, -0.15) is 4.31 Å². The topological polar surface area (TPSA) is 84.3 Å². The summed E-state index contributed by atoms with van der Waals surface area (Å²) < 4.78 is 28.0. The summed E-state index contributed by atoms with van der Waals surface area (Å²) in [4.78, 5) is 16.4. The summed E-state index contributed by atoms with van der Waals surface area (Å²) in [5, 5.41) is 4.89. The predicted molar refractivity (Wildman–Crippen MR) is 83.5 cm³/mol. The minimum absolute atomic E-state index is 0.154. The normalized spacial score (nSPS) is 16.0. The van der Waals surface area contributed by atoms with E-state index in [9.17, 15) is 13.2 Å². The molecule has 9 heteroatoms. The Morgan fingerprint density at radius 3 is 2.73 bits per heavy atom. The maximum absolute atomic E-state index is 12.5. The zero-order chi connectivity index (χ0) is 15.7. The third-order valence-electron chi connectivity index (χ3n) is 3.57. The van der Waals surface area contributed by atoms with Gasteiger partial charge in [-0.1, -0.05) is 0 Å². The zero-order valence-electron chi connectivity index (χ0n) is 12.0. The molecule has 1 fully saturated rings. The number of carbonyl (C=O) groups excluding carboxylic acids is 1. The van der Waals surface area contributed by atoms with Gasteiger partial charge in [0.05, 0.1) is 0 Å². The number of nitrogens with one attached hydrogen (secondary N) is 1.